The van der Waals surface area contributed by atoms with Crippen molar-refractivity contribution in [3.05, 3.63) is 0 Å². The standard InChI is InChI=1S/C32H86O12Si11.C18H26F3NO5S.C12H24O5.C4H12N/c1-27-32(2,3)31(33)34-29-28-30-46(7,8)36-48(11,12)38-50(15,16)40-52(19,20)42-54(23,24)44-55(25,26)43-53(21,22)41-51(17,18)39-49(13,14)37-47(9,10)35-45(4,5)6;1-4-15(2,3)14(24)27-17-8-11-5-12(9-17)7-16(6-11,10-17)13(23)22-28(25,26)18(19,20)21;1-5-12(2,3)11(13)17-10-16-9-8-15-7-6-14-4;1-5(2,3)4/h27-30H2,1-26H3;11-12H,4-10H2,1-3H3,(H,22,23);5-10H2,1-4H3;1-4H3/q;;;+1/p-1. The SMILES string of the molecule is CCC(C)(C)C(=O)OC12CC3CC(C1)CC(C([O-])=NS(=O)(=O)C(F)(F)F)(C3)C2.CCC(C)(C)C(=O)OCCC[Si](C)(C)O[Si](C)(C)O[Si](C)(C)O[Si](C)(C)O[Si](C)(C)O[Si](C)(C)O[Si](C)(C)O[Si](C)(C)O[Si](C)(C)O[Si](C)(C)O[Si](C)(C)C.CCC(C)(C)C(=O)OCOCCOCCOC.C[N+](C)(C)C. The molecule has 4 rings (SSSR count). The second-order valence-electron chi connectivity index (χ2n) is 37.3. The first-order valence-corrected chi connectivity index (χ1v) is 70.4. The van der Waals surface area contributed by atoms with Crippen molar-refractivity contribution in [1.29, 1.82) is 0 Å². The Morgan fingerprint density at radius 2 is 0.790 bits per heavy atom. The smallest absolute Gasteiger partial charge is 0.518 e. The van der Waals surface area contributed by atoms with Gasteiger partial charge in [-0.05, 0) is 280 Å². The van der Waals surface area contributed by atoms with Gasteiger partial charge in [-0.1, -0.05) is 20.8 Å². The van der Waals surface area contributed by atoms with Crippen molar-refractivity contribution < 1.29 is 115 Å². The van der Waals surface area contributed by atoms with Gasteiger partial charge in [-0.15, -0.1) is 0 Å². The number of halogens is 3. The van der Waals surface area contributed by atoms with Crippen LogP contribution in [0, 0.1) is 33.5 Å². The Labute approximate surface area is 645 Å². The molecular formula is C66H147F3N2O22SSi11. The van der Waals surface area contributed by atoms with Crippen LogP contribution in [0.5, 0.6) is 0 Å². The van der Waals surface area contributed by atoms with Crippen LogP contribution in [0.25, 0.3) is 0 Å². The number of esters is 3. The third-order valence-corrected chi connectivity index (χ3v) is 59.4. The fraction of sp³-hybridized carbons (Fsp3) is 0.939. The van der Waals surface area contributed by atoms with Gasteiger partial charge in [-0.25, -0.2) is 0 Å². The molecule has 4 fully saturated rings. The summed E-state index contributed by atoms with van der Waals surface area (Å²) in [5.74, 6) is -2.03. The minimum absolute atomic E-state index is 0.00605. The fourth-order valence-corrected chi connectivity index (χ4v) is 69.4. The van der Waals surface area contributed by atoms with Crippen LogP contribution in [-0.2, 0) is 94.0 Å². The molecule has 2 unspecified atom stereocenters. The van der Waals surface area contributed by atoms with Crippen molar-refractivity contribution >= 4 is 128 Å². The molecule has 0 spiro atoms. The lowest BCUT2D eigenvalue weighted by molar-refractivity contribution is -0.849. The topological polar surface area (TPSA) is 268 Å². The molecule has 2 atom stereocenters. The molecule has 4 aliphatic rings. The van der Waals surface area contributed by atoms with Gasteiger partial charge in [0.05, 0.1) is 77.5 Å². The average Bonchev–Trinajstić information content (AvgIpc) is 0.713. The van der Waals surface area contributed by atoms with Crippen molar-refractivity contribution in [2.24, 2.45) is 37.9 Å². The summed E-state index contributed by atoms with van der Waals surface area (Å²) in [7, 11) is -23.4. The van der Waals surface area contributed by atoms with E-state index in [0.717, 1.165) is 36.2 Å². The van der Waals surface area contributed by atoms with E-state index >= 15 is 0 Å². The van der Waals surface area contributed by atoms with E-state index in [1.165, 1.54) is 0 Å². The summed E-state index contributed by atoms with van der Waals surface area (Å²) in [6.07, 6.45) is 5.33. The molecule has 0 heterocycles. The maximum Gasteiger partial charge on any atom is 0.518 e. The highest BCUT2D eigenvalue weighted by atomic mass is 32.2. The molecule has 0 aliphatic heterocycles. The van der Waals surface area contributed by atoms with E-state index in [4.69, 9.17) is 69.6 Å². The number of alkyl halides is 3. The lowest BCUT2D eigenvalue weighted by Gasteiger charge is -2.62. The molecule has 39 heteroatoms. The van der Waals surface area contributed by atoms with Gasteiger partial charge in [0.15, 0.2) is 23.4 Å². The predicted octanol–water partition coefficient (Wildman–Crippen LogP) is 15.7. The van der Waals surface area contributed by atoms with Crippen LogP contribution >= 0.6 is 0 Å². The number of hydrogen-bond acceptors (Lipinski definition) is 22. The van der Waals surface area contributed by atoms with Crippen molar-refractivity contribution in [2.45, 2.75) is 294 Å². The second kappa shape index (κ2) is 39.7. The molecule has 0 N–H and O–H groups in total. The second-order valence-corrected chi connectivity index (χ2v) is 80.5. The number of hydrogen-bond donors (Lipinski definition) is 0. The molecule has 0 radical (unpaired) electrons. The molecule has 0 aromatic heterocycles. The van der Waals surface area contributed by atoms with Gasteiger partial charge < -0.3 is 79.2 Å². The third kappa shape index (κ3) is 41.9. The quantitative estimate of drug-likeness (QED) is 0.00804. The van der Waals surface area contributed by atoms with Crippen LogP contribution in [-0.4, -0.2) is 217 Å². The van der Waals surface area contributed by atoms with E-state index in [1.807, 2.05) is 48.5 Å². The minimum atomic E-state index is -5.89. The Morgan fingerprint density at radius 3 is 1.12 bits per heavy atom. The van der Waals surface area contributed by atoms with Gasteiger partial charge in [-0.3, -0.25) is 14.4 Å². The van der Waals surface area contributed by atoms with Crippen LogP contribution in [0.4, 0.5) is 13.2 Å². The molecular weight excluding hydrogens is 1570 g/mol. The molecule has 624 valence electrons. The van der Waals surface area contributed by atoms with Gasteiger partial charge in [0.1, 0.15) is 5.60 Å². The van der Waals surface area contributed by atoms with Crippen LogP contribution in [0.15, 0.2) is 4.40 Å². The Morgan fingerprint density at radius 1 is 0.476 bits per heavy atom. The fourth-order valence-electron chi connectivity index (χ4n) is 13.5. The number of quaternary nitrogens is 1. The van der Waals surface area contributed by atoms with Crippen molar-refractivity contribution in [3.8, 4) is 0 Å². The molecule has 24 nitrogen and oxygen atoms in total. The van der Waals surface area contributed by atoms with Gasteiger partial charge >= 0.3 is 110 Å². The summed E-state index contributed by atoms with van der Waals surface area (Å²) < 4.78 is 163. The highest BCUT2D eigenvalue weighted by Gasteiger charge is 2.61. The zero-order valence-corrected chi connectivity index (χ0v) is 83.9. The third-order valence-electron chi connectivity index (χ3n) is 16.8. The van der Waals surface area contributed by atoms with Crippen molar-refractivity contribution in [2.75, 3.05) is 75.1 Å². The zero-order valence-electron chi connectivity index (χ0n) is 72.1. The van der Waals surface area contributed by atoms with Gasteiger partial charge in [0, 0.05) is 12.5 Å². The molecule has 0 aromatic carbocycles. The first-order chi connectivity index (χ1) is 46.4. The summed E-state index contributed by atoms with van der Waals surface area (Å²) in [5.41, 5.74) is -9.47. The first-order valence-electron chi connectivity index (χ1n) is 37.1. The lowest BCUT2D eigenvalue weighted by atomic mass is 9.47. The number of rotatable bonds is 41. The van der Waals surface area contributed by atoms with Gasteiger partial charge in [0.2, 0.25) is 0 Å². The molecule has 0 aromatic rings. The first kappa shape index (κ1) is 104. The van der Waals surface area contributed by atoms with Crippen LogP contribution in [0.2, 0.25) is 157 Å². The molecule has 105 heavy (non-hydrogen) atoms. The van der Waals surface area contributed by atoms with Crippen LogP contribution in [0.3, 0.4) is 0 Å². The van der Waals surface area contributed by atoms with Crippen molar-refractivity contribution in [3.63, 3.8) is 0 Å². The normalized spacial score (nSPS) is 20.1. The number of carbonyl (C=O) groups excluding carboxylic acids is 3. The summed E-state index contributed by atoms with van der Waals surface area (Å²) in [5, 5.41) is 12.7. The summed E-state index contributed by atoms with van der Waals surface area (Å²) in [6.45, 7) is 67.5. The van der Waals surface area contributed by atoms with E-state index in [-0.39, 0.29) is 49.8 Å². The largest absolute Gasteiger partial charge is 0.861 e. The summed E-state index contributed by atoms with van der Waals surface area (Å²) >= 11 is 0. The van der Waals surface area contributed by atoms with Crippen LogP contribution < -0.4 is 5.11 Å². The Hall–Kier alpha value is -0.554. The van der Waals surface area contributed by atoms with Gasteiger partial charge in [-0.2, -0.15) is 26.0 Å². The maximum absolute atomic E-state index is 12.7. The molecule has 0 saturated heterocycles. The molecule has 4 aliphatic carbocycles. The van der Waals surface area contributed by atoms with Crippen LogP contribution in [0.1, 0.15) is 127 Å². The zero-order chi connectivity index (χ0) is 83.0. The number of ether oxygens (including phenoxy) is 6. The predicted molar refractivity (Wildman–Crippen MR) is 434 cm³/mol. The Bertz CT molecular complexity index is 2860. The van der Waals surface area contributed by atoms with Gasteiger partial charge in [0.25, 0.3) is 0 Å². The Balaban J connectivity index is 0.00000176. The number of sulfonamides is 1. The van der Waals surface area contributed by atoms with E-state index < -0.39 is 148 Å². The maximum atomic E-state index is 12.7. The highest BCUT2D eigenvalue weighted by Crippen LogP contribution is 2.63. The summed E-state index contributed by atoms with van der Waals surface area (Å²) in [6, 6.07) is 0.872. The minimum Gasteiger partial charge on any atom is -0.861 e. The van der Waals surface area contributed by atoms with Crippen molar-refractivity contribution in [1.82, 2.24) is 0 Å². The number of nitrogens with zero attached hydrogens (tertiary/aromatic N) is 2. The van der Waals surface area contributed by atoms with E-state index in [0.29, 0.717) is 52.3 Å². The monoisotopic (exact) mass is 1720 g/mol. The number of methoxy groups -OCH3 is 1. The van der Waals surface area contributed by atoms with E-state index in [2.05, 4.69) is 183 Å². The Kier molecular flexibility index (Phi) is 39.5. The van der Waals surface area contributed by atoms with E-state index in [1.54, 1.807) is 21.0 Å². The molecule has 4 saturated carbocycles. The average molecular weight is 1720 g/mol. The summed E-state index contributed by atoms with van der Waals surface area (Å²) in [4.78, 5) is 36.5. The lowest BCUT2D eigenvalue weighted by Crippen LogP contribution is -2.62. The molecule has 4 bridgehead atoms. The highest BCUT2D eigenvalue weighted by molar-refractivity contribution is 7.91. The molecule has 0 amide bonds. The van der Waals surface area contributed by atoms with E-state index in [9.17, 15) is 41.1 Å². The number of carbonyl (C=O) groups is 3.